The summed E-state index contributed by atoms with van der Waals surface area (Å²) < 4.78 is 0. The number of para-hydroxylation sites is 2. The summed E-state index contributed by atoms with van der Waals surface area (Å²) in [6.07, 6.45) is 0. The molecule has 1 aliphatic heterocycles. The van der Waals surface area contributed by atoms with Crippen molar-refractivity contribution in [3.05, 3.63) is 95.6 Å². The van der Waals surface area contributed by atoms with E-state index in [1.54, 1.807) is 46.9 Å². The zero-order valence-electron chi connectivity index (χ0n) is 15.5. The number of amidine groups is 1. The van der Waals surface area contributed by atoms with Crippen molar-refractivity contribution < 1.29 is 37.6 Å². The molecule has 0 saturated carbocycles. The minimum atomic E-state index is -1.08. The molecule has 0 amide bonds. The van der Waals surface area contributed by atoms with Crippen LogP contribution in [0.25, 0.3) is 0 Å². The fraction of sp³-hybridized carbons (Fsp3) is 0. The van der Waals surface area contributed by atoms with Gasteiger partial charge in [0.1, 0.15) is 11.4 Å². The Bertz CT molecular complexity index is 1120. The molecule has 30 heavy (non-hydrogen) atoms. The maximum atomic E-state index is 11.7. The normalized spacial score (nSPS) is 12.9. The topological polar surface area (TPSA) is 110 Å². The number of carboxylic acids is 2. The van der Waals surface area contributed by atoms with E-state index in [2.05, 4.69) is 5.10 Å². The molecule has 0 bridgehead atoms. The Labute approximate surface area is 178 Å². The molecule has 1 aliphatic rings. The Morgan fingerprint density at radius 2 is 1.33 bits per heavy atom. The predicted molar refractivity (Wildman–Crippen MR) is 107 cm³/mol. The van der Waals surface area contributed by atoms with Gasteiger partial charge in [0, 0.05) is 0 Å². The van der Waals surface area contributed by atoms with Gasteiger partial charge >= 0.3 is 11.9 Å². The third-order valence-electron chi connectivity index (χ3n) is 4.46. The predicted octanol–water partition coefficient (Wildman–Crippen LogP) is -0.831. The molecule has 0 atom stereocenters. The van der Waals surface area contributed by atoms with Gasteiger partial charge in [-0.25, -0.2) is 9.59 Å². The molecular weight excluding hydrogens is 408 g/mol. The summed E-state index contributed by atoms with van der Waals surface area (Å²) in [6.45, 7) is 0. The SMILES string of the molecule is O=C(O)c1ccccc1C1=NN(c2ccccc2C(=O)O)N(c2ccccc2)[NH2+]1.[Cl-]. The third-order valence-corrected chi connectivity index (χ3v) is 4.46. The molecule has 4 rings (SSSR count). The van der Waals surface area contributed by atoms with Gasteiger partial charge < -0.3 is 22.6 Å². The number of nitrogens with two attached hydrogens (primary N) is 1. The van der Waals surface area contributed by atoms with E-state index in [0.29, 0.717) is 17.1 Å². The molecule has 0 radical (unpaired) electrons. The van der Waals surface area contributed by atoms with Crippen molar-refractivity contribution >= 4 is 29.1 Å². The summed E-state index contributed by atoms with van der Waals surface area (Å²) in [5.41, 5.74) is 3.44. The van der Waals surface area contributed by atoms with E-state index < -0.39 is 11.9 Å². The van der Waals surface area contributed by atoms with E-state index in [-0.39, 0.29) is 23.5 Å². The van der Waals surface area contributed by atoms with Crippen molar-refractivity contribution in [2.24, 2.45) is 5.10 Å². The van der Waals surface area contributed by atoms with E-state index in [1.807, 2.05) is 30.3 Å². The molecule has 8 nitrogen and oxygen atoms in total. The molecule has 0 fully saturated rings. The highest BCUT2D eigenvalue weighted by atomic mass is 35.5. The Morgan fingerprint density at radius 1 is 0.767 bits per heavy atom. The molecule has 0 saturated heterocycles. The van der Waals surface area contributed by atoms with Crippen LogP contribution in [0.5, 0.6) is 0 Å². The van der Waals surface area contributed by atoms with Crippen molar-refractivity contribution in [1.29, 1.82) is 0 Å². The first kappa shape index (κ1) is 20.8. The Kier molecular flexibility index (Phi) is 6.01. The van der Waals surface area contributed by atoms with Crippen LogP contribution in [0.2, 0.25) is 0 Å². The van der Waals surface area contributed by atoms with Crippen LogP contribution in [0, 0.1) is 0 Å². The van der Waals surface area contributed by atoms with E-state index in [0.717, 1.165) is 5.69 Å². The highest BCUT2D eigenvalue weighted by molar-refractivity contribution is 6.04. The van der Waals surface area contributed by atoms with Crippen molar-refractivity contribution in [3.63, 3.8) is 0 Å². The fourth-order valence-electron chi connectivity index (χ4n) is 3.13. The summed E-state index contributed by atoms with van der Waals surface area (Å²) in [6, 6.07) is 22.4. The quantitative estimate of drug-likeness (QED) is 0.461. The van der Waals surface area contributed by atoms with Crippen molar-refractivity contribution in [1.82, 2.24) is 0 Å². The number of quaternary nitrogens is 1. The lowest BCUT2D eigenvalue weighted by Gasteiger charge is -2.24. The van der Waals surface area contributed by atoms with Gasteiger partial charge in [-0.1, -0.05) is 47.6 Å². The third kappa shape index (κ3) is 3.82. The van der Waals surface area contributed by atoms with E-state index >= 15 is 0 Å². The van der Waals surface area contributed by atoms with Crippen molar-refractivity contribution in [2.75, 3.05) is 10.2 Å². The number of carboxylic acid groups (broad SMARTS) is 2. The second-order valence-corrected chi connectivity index (χ2v) is 6.26. The van der Waals surface area contributed by atoms with E-state index in [1.165, 1.54) is 17.3 Å². The molecular formula is C21H17ClN4O4. The van der Waals surface area contributed by atoms with Crippen LogP contribution in [-0.2, 0) is 0 Å². The van der Waals surface area contributed by atoms with Crippen molar-refractivity contribution in [2.45, 2.75) is 0 Å². The lowest BCUT2D eigenvalue weighted by atomic mass is 10.1. The molecule has 0 spiro atoms. The van der Waals surface area contributed by atoms with Gasteiger partial charge in [0.25, 0.3) is 5.84 Å². The standard InChI is InChI=1S/C21H16N4O4.ClH/c26-20(27)16-11-5-4-10-15(16)19-22-24(14-8-2-1-3-9-14)25(23-19)18-13-7-6-12-17(18)21(28)29;/h1-13H,(H,22,23)(H,26,27)(H,28,29);1H. The molecule has 0 aromatic heterocycles. The summed E-state index contributed by atoms with van der Waals surface area (Å²) in [5, 5.41) is 26.9. The number of hydrazine groups is 1. The van der Waals surface area contributed by atoms with Crippen LogP contribution in [0.3, 0.4) is 0 Å². The molecule has 4 N–H and O–H groups in total. The molecule has 152 valence electrons. The first-order valence-corrected chi connectivity index (χ1v) is 8.79. The fourth-order valence-corrected chi connectivity index (χ4v) is 3.13. The number of carbonyl (C=O) groups is 2. The van der Waals surface area contributed by atoms with Crippen LogP contribution >= 0.6 is 0 Å². The molecule has 1 heterocycles. The van der Waals surface area contributed by atoms with Gasteiger partial charge in [0.15, 0.2) is 0 Å². The number of rotatable bonds is 5. The minimum absolute atomic E-state index is 0. The summed E-state index contributed by atoms with van der Waals surface area (Å²) in [4.78, 5) is 23.4. The van der Waals surface area contributed by atoms with Crippen LogP contribution in [0.1, 0.15) is 26.3 Å². The average molecular weight is 425 g/mol. The van der Waals surface area contributed by atoms with Crippen LogP contribution in [-0.4, -0.2) is 28.0 Å². The molecule has 9 heteroatoms. The lowest BCUT2D eigenvalue weighted by Crippen LogP contribution is -3.00. The Morgan fingerprint density at radius 3 is 2.00 bits per heavy atom. The van der Waals surface area contributed by atoms with E-state index in [9.17, 15) is 19.8 Å². The van der Waals surface area contributed by atoms with Crippen LogP contribution in [0.4, 0.5) is 11.4 Å². The number of anilines is 2. The number of hydrazone groups is 1. The number of halogens is 1. The van der Waals surface area contributed by atoms with Crippen LogP contribution in [0.15, 0.2) is 84.0 Å². The van der Waals surface area contributed by atoms with Gasteiger partial charge in [-0.05, 0) is 36.4 Å². The molecule has 3 aromatic carbocycles. The molecule has 0 aliphatic carbocycles. The average Bonchev–Trinajstić information content (AvgIpc) is 3.19. The first-order valence-electron chi connectivity index (χ1n) is 8.79. The molecule has 0 unspecified atom stereocenters. The smallest absolute Gasteiger partial charge is 0.337 e. The highest BCUT2D eigenvalue weighted by Gasteiger charge is 2.34. The minimum Gasteiger partial charge on any atom is -1.00 e. The van der Waals surface area contributed by atoms with E-state index in [4.69, 9.17) is 0 Å². The lowest BCUT2D eigenvalue weighted by molar-refractivity contribution is -0.545. The van der Waals surface area contributed by atoms with Gasteiger partial charge in [0.05, 0.1) is 16.7 Å². The number of benzene rings is 3. The van der Waals surface area contributed by atoms with Crippen LogP contribution < -0.4 is 28.1 Å². The summed E-state index contributed by atoms with van der Waals surface area (Å²) >= 11 is 0. The largest absolute Gasteiger partial charge is 1.00 e. The number of hydrogen-bond donors (Lipinski definition) is 3. The maximum Gasteiger partial charge on any atom is 0.337 e. The zero-order valence-corrected chi connectivity index (χ0v) is 16.3. The van der Waals surface area contributed by atoms with Gasteiger partial charge in [0.2, 0.25) is 0 Å². The maximum absolute atomic E-state index is 11.7. The summed E-state index contributed by atoms with van der Waals surface area (Å²) in [5.74, 6) is -1.73. The second kappa shape index (κ2) is 8.64. The number of hydrogen-bond acceptors (Lipinski definition) is 5. The molecule has 3 aromatic rings. The number of nitrogens with zero attached hydrogens (tertiary/aromatic N) is 3. The number of aromatic carboxylic acids is 2. The zero-order chi connectivity index (χ0) is 20.4. The highest BCUT2D eigenvalue weighted by Crippen LogP contribution is 2.26. The first-order chi connectivity index (χ1) is 14.1. The van der Waals surface area contributed by atoms with Gasteiger partial charge in [-0.2, -0.15) is 5.43 Å². The Balaban J connectivity index is 0.00000256. The van der Waals surface area contributed by atoms with Gasteiger partial charge in [-0.3, -0.25) is 0 Å². The second-order valence-electron chi connectivity index (χ2n) is 6.26. The summed E-state index contributed by atoms with van der Waals surface area (Å²) in [7, 11) is 0. The van der Waals surface area contributed by atoms with Gasteiger partial charge in [-0.15, -0.1) is 10.2 Å². The Hall–Kier alpha value is -3.88. The van der Waals surface area contributed by atoms with Crippen molar-refractivity contribution in [3.8, 4) is 0 Å². The monoisotopic (exact) mass is 424 g/mol.